The third kappa shape index (κ3) is 2.72. The molecule has 1 fully saturated rings. The minimum Gasteiger partial charge on any atom is -0.367 e. The van der Waals surface area contributed by atoms with Crippen molar-refractivity contribution in [2.45, 2.75) is 12.5 Å². The lowest BCUT2D eigenvalue weighted by Gasteiger charge is -2.28. The summed E-state index contributed by atoms with van der Waals surface area (Å²) in [5.74, 6) is 0.449. The van der Waals surface area contributed by atoms with E-state index in [4.69, 9.17) is 18.2 Å². The maximum absolute atomic E-state index is 14.4. The summed E-state index contributed by atoms with van der Waals surface area (Å²) in [4.78, 5) is 19.1. The molecule has 1 aliphatic heterocycles. The van der Waals surface area contributed by atoms with Gasteiger partial charge in [-0.25, -0.2) is 19.2 Å². The van der Waals surface area contributed by atoms with Gasteiger partial charge in [-0.1, -0.05) is 11.6 Å². The minimum absolute atomic E-state index is 0.114. The van der Waals surface area contributed by atoms with Gasteiger partial charge in [0.15, 0.2) is 0 Å². The summed E-state index contributed by atoms with van der Waals surface area (Å²) in [7, 11) is 1.85. The van der Waals surface area contributed by atoms with Crippen molar-refractivity contribution in [3.05, 3.63) is 53.0 Å². The van der Waals surface area contributed by atoms with Crippen molar-refractivity contribution in [3.8, 4) is 0 Å². The summed E-state index contributed by atoms with van der Waals surface area (Å²) in [6, 6.07) is 4.80. The number of rotatable bonds is 3. The van der Waals surface area contributed by atoms with E-state index >= 15 is 0 Å². The van der Waals surface area contributed by atoms with Crippen LogP contribution in [0.3, 0.4) is 0 Å². The average Bonchev–Trinajstić information content (AvgIpc) is 3.31. The Balaban J connectivity index is 1.58. The maximum atomic E-state index is 14.4. The van der Waals surface area contributed by atoms with Crippen LogP contribution in [0.5, 0.6) is 0 Å². The zero-order valence-electron chi connectivity index (χ0n) is 14.1. The number of benzene rings is 1. The van der Waals surface area contributed by atoms with Crippen LogP contribution in [0, 0.1) is 12.4 Å². The van der Waals surface area contributed by atoms with Crippen LogP contribution in [0.15, 0.2) is 30.7 Å². The number of fused-ring (bicyclic) bond motifs is 1. The van der Waals surface area contributed by atoms with Crippen molar-refractivity contribution in [1.82, 2.24) is 15.0 Å². The Bertz CT molecular complexity index is 1010. The topological polar surface area (TPSA) is 52.4 Å². The van der Waals surface area contributed by atoms with E-state index in [1.807, 2.05) is 24.2 Å². The van der Waals surface area contributed by atoms with E-state index in [0.29, 0.717) is 5.69 Å². The van der Waals surface area contributed by atoms with Crippen LogP contribution < -0.4 is 9.80 Å². The number of hydrogen-bond donors (Lipinski definition) is 1. The molecule has 1 aromatic carbocycles. The predicted octanol–water partition coefficient (Wildman–Crippen LogP) is 4.02. The second-order valence-electron chi connectivity index (χ2n) is 6.30. The quantitative estimate of drug-likeness (QED) is 0.707. The minimum atomic E-state index is -0.434. The highest BCUT2D eigenvalue weighted by molar-refractivity contribution is 6.33. The van der Waals surface area contributed by atoms with E-state index in [0.717, 1.165) is 36.4 Å². The molecule has 8 heteroatoms. The molecule has 6 nitrogen and oxygen atoms in total. The molecule has 1 aliphatic rings. The molecule has 0 spiro atoms. The molecule has 0 unspecified atom stereocenters. The van der Waals surface area contributed by atoms with E-state index in [9.17, 15) is 4.39 Å². The van der Waals surface area contributed by atoms with Crippen LogP contribution in [0.4, 0.5) is 21.6 Å². The van der Waals surface area contributed by atoms with Crippen molar-refractivity contribution >= 4 is 39.8 Å². The fourth-order valence-corrected chi connectivity index (χ4v) is 3.64. The molecule has 1 atom stereocenters. The molecule has 3 aromatic rings. The molecular formula is C18H16ClFN6. The average molecular weight is 371 g/mol. The Morgan fingerprint density at radius 1 is 1.42 bits per heavy atom. The Hall–Kier alpha value is -2.85. The van der Waals surface area contributed by atoms with Crippen LogP contribution in [-0.2, 0) is 0 Å². The highest BCUT2D eigenvalue weighted by Gasteiger charge is 2.29. The van der Waals surface area contributed by atoms with Gasteiger partial charge in [-0.3, -0.25) is 0 Å². The standard InChI is InChI=1S/C18H16ClFN6/c1-21-15-8-14(20)16(7-13(15)19)25(2)11-4-6-26(9-11)18-12-3-5-22-17(12)23-10-24-18/h3,5,7-8,10-11H,4,6,9H2,2H3,(H,22,23,24)/t11-/m1/s1. The molecule has 0 aliphatic carbocycles. The smallest absolute Gasteiger partial charge is 0.208 e. The molecule has 4 rings (SSSR count). The zero-order valence-corrected chi connectivity index (χ0v) is 14.8. The van der Waals surface area contributed by atoms with E-state index in [2.05, 4.69) is 24.7 Å². The van der Waals surface area contributed by atoms with Gasteiger partial charge in [-0.2, -0.15) is 0 Å². The number of anilines is 2. The summed E-state index contributed by atoms with van der Waals surface area (Å²) < 4.78 is 14.4. The first-order chi connectivity index (χ1) is 12.6. The highest BCUT2D eigenvalue weighted by atomic mass is 35.5. The lowest BCUT2D eigenvalue weighted by molar-refractivity contribution is 0.606. The summed E-state index contributed by atoms with van der Waals surface area (Å²) in [6.45, 7) is 8.58. The number of H-pyrrole nitrogens is 1. The number of aromatic amines is 1. The summed E-state index contributed by atoms with van der Waals surface area (Å²) in [5, 5.41) is 1.24. The Labute approximate surface area is 155 Å². The van der Waals surface area contributed by atoms with E-state index in [-0.39, 0.29) is 16.8 Å². The third-order valence-corrected chi connectivity index (χ3v) is 5.16. The molecule has 0 radical (unpaired) electrons. The van der Waals surface area contributed by atoms with Crippen LogP contribution >= 0.6 is 11.6 Å². The van der Waals surface area contributed by atoms with Crippen molar-refractivity contribution in [3.63, 3.8) is 0 Å². The first-order valence-corrected chi connectivity index (χ1v) is 8.58. The van der Waals surface area contributed by atoms with Crippen molar-refractivity contribution in [2.24, 2.45) is 0 Å². The lowest BCUT2D eigenvalue weighted by atomic mass is 10.2. The number of likely N-dealkylation sites (N-methyl/N-ethyl adjacent to an activating group) is 1. The largest absolute Gasteiger partial charge is 0.367 e. The monoisotopic (exact) mass is 370 g/mol. The van der Waals surface area contributed by atoms with Crippen molar-refractivity contribution in [1.29, 1.82) is 0 Å². The van der Waals surface area contributed by atoms with Gasteiger partial charge < -0.3 is 14.8 Å². The van der Waals surface area contributed by atoms with Gasteiger partial charge in [0.2, 0.25) is 5.69 Å². The van der Waals surface area contributed by atoms with Crippen LogP contribution in [0.25, 0.3) is 15.9 Å². The number of hydrogen-bond acceptors (Lipinski definition) is 4. The van der Waals surface area contributed by atoms with Gasteiger partial charge in [0.05, 0.1) is 17.6 Å². The molecule has 1 saturated heterocycles. The molecular weight excluding hydrogens is 355 g/mol. The van der Waals surface area contributed by atoms with Gasteiger partial charge in [-0.15, -0.1) is 0 Å². The SMILES string of the molecule is [C-]#[N+]c1cc(F)c(N(C)[C@@H]2CCN(c3ncnc4[nH]ccc34)C2)cc1Cl. The molecule has 26 heavy (non-hydrogen) atoms. The Kier molecular flexibility index (Phi) is 4.13. The van der Waals surface area contributed by atoms with Gasteiger partial charge in [0.25, 0.3) is 0 Å². The maximum Gasteiger partial charge on any atom is 0.208 e. The fourth-order valence-electron chi connectivity index (χ4n) is 3.44. The molecule has 3 heterocycles. The molecule has 2 aromatic heterocycles. The van der Waals surface area contributed by atoms with Crippen LogP contribution in [0.1, 0.15) is 6.42 Å². The summed E-state index contributed by atoms with van der Waals surface area (Å²) in [6.07, 6.45) is 4.26. The summed E-state index contributed by atoms with van der Waals surface area (Å²) in [5.41, 5.74) is 1.34. The van der Waals surface area contributed by atoms with Gasteiger partial charge in [-0.05, 0) is 24.6 Å². The first kappa shape index (κ1) is 16.6. The normalized spacial score (nSPS) is 16.8. The molecule has 0 saturated carbocycles. The second kappa shape index (κ2) is 6.46. The zero-order chi connectivity index (χ0) is 18.3. The van der Waals surface area contributed by atoms with E-state index in [1.165, 1.54) is 12.1 Å². The predicted molar refractivity (Wildman–Crippen MR) is 101 cm³/mol. The molecule has 132 valence electrons. The second-order valence-corrected chi connectivity index (χ2v) is 6.71. The van der Waals surface area contributed by atoms with Crippen molar-refractivity contribution < 1.29 is 4.39 Å². The third-order valence-electron chi connectivity index (χ3n) is 4.86. The number of nitrogens with one attached hydrogen (secondary N) is 1. The molecule has 0 bridgehead atoms. The van der Waals surface area contributed by atoms with Gasteiger partial charge in [0, 0.05) is 37.4 Å². The van der Waals surface area contributed by atoms with Gasteiger partial charge in [0.1, 0.15) is 23.6 Å². The number of nitrogens with zero attached hydrogens (tertiary/aromatic N) is 5. The number of halogens is 2. The molecule has 0 amide bonds. The fraction of sp³-hybridized carbons (Fsp3) is 0.278. The Morgan fingerprint density at radius 2 is 2.27 bits per heavy atom. The highest BCUT2D eigenvalue weighted by Crippen LogP contribution is 2.34. The van der Waals surface area contributed by atoms with Gasteiger partial charge >= 0.3 is 0 Å². The van der Waals surface area contributed by atoms with E-state index in [1.54, 1.807) is 6.33 Å². The summed E-state index contributed by atoms with van der Waals surface area (Å²) >= 11 is 6.09. The van der Waals surface area contributed by atoms with Crippen molar-refractivity contribution in [2.75, 3.05) is 29.9 Å². The van der Waals surface area contributed by atoms with Crippen LogP contribution in [0.2, 0.25) is 5.02 Å². The number of aromatic nitrogens is 3. The Morgan fingerprint density at radius 3 is 3.08 bits per heavy atom. The van der Waals surface area contributed by atoms with Crippen LogP contribution in [-0.4, -0.2) is 41.1 Å². The van der Waals surface area contributed by atoms with E-state index < -0.39 is 5.82 Å². The lowest BCUT2D eigenvalue weighted by Crippen LogP contribution is -2.35. The first-order valence-electron chi connectivity index (χ1n) is 8.21. The molecule has 1 N–H and O–H groups in total.